The van der Waals surface area contributed by atoms with Gasteiger partial charge < -0.3 is 56.8 Å². The Balaban J connectivity index is 0.000000132. The highest BCUT2D eigenvalue weighted by Crippen LogP contribution is 2.32. The third-order valence-electron chi connectivity index (χ3n) is 14.6. The van der Waals surface area contributed by atoms with Crippen molar-refractivity contribution in [2.24, 2.45) is 0 Å². The number of ether oxygens (including phenoxy) is 12. The molecule has 78 heavy (non-hydrogen) atoms. The van der Waals surface area contributed by atoms with Crippen LogP contribution in [0.2, 0.25) is 0 Å². The highest BCUT2D eigenvalue weighted by molar-refractivity contribution is 5.40. The molecule has 6 unspecified atom stereocenters. The van der Waals surface area contributed by atoms with E-state index in [0.29, 0.717) is 122 Å². The Kier molecular flexibility index (Phi) is 20.4. The van der Waals surface area contributed by atoms with Gasteiger partial charge in [-0.1, -0.05) is 166 Å². The molecule has 12 heteroatoms. The number of hydrogen-bond donors (Lipinski definition) is 0. The molecule has 0 saturated carbocycles. The predicted octanol–water partition coefficient (Wildman–Crippen LogP) is 10.6. The highest BCUT2D eigenvalue weighted by Gasteiger charge is 2.27. The van der Waals surface area contributed by atoms with Crippen molar-refractivity contribution in [1.29, 1.82) is 0 Å². The van der Waals surface area contributed by atoms with Gasteiger partial charge in [0.1, 0.15) is 36.6 Å². The van der Waals surface area contributed by atoms with E-state index in [1.165, 1.54) is 66.8 Å². The van der Waals surface area contributed by atoms with Crippen LogP contribution in [0.5, 0.6) is 0 Å². The lowest BCUT2D eigenvalue weighted by molar-refractivity contribution is 0.104. The minimum absolute atomic E-state index is 0.0531. The lowest BCUT2D eigenvalue weighted by atomic mass is 9.78. The van der Waals surface area contributed by atoms with Crippen LogP contribution in [0, 0.1) is 0 Å². The largest absolute Gasteiger partial charge is 0.374 e. The van der Waals surface area contributed by atoms with E-state index in [0.717, 1.165) is 46.1 Å². The second kappa shape index (κ2) is 28.3. The van der Waals surface area contributed by atoms with Crippen molar-refractivity contribution in [2.75, 3.05) is 79.3 Å². The van der Waals surface area contributed by atoms with Crippen molar-refractivity contribution in [3.05, 3.63) is 212 Å². The molecule has 0 aromatic heterocycles. The van der Waals surface area contributed by atoms with Crippen molar-refractivity contribution in [1.82, 2.24) is 0 Å². The molecule has 6 aromatic rings. The van der Waals surface area contributed by atoms with Gasteiger partial charge in [0.05, 0.1) is 119 Å². The van der Waals surface area contributed by atoms with Gasteiger partial charge in [0.25, 0.3) is 0 Å². The number of benzene rings is 6. The summed E-state index contributed by atoms with van der Waals surface area (Å²) in [7, 11) is 0. The molecular weight excluding hydrogens is 985 g/mol. The number of hydrogen-bond acceptors (Lipinski definition) is 12. The zero-order chi connectivity index (χ0) is 53.4. The molecule has 6 aliphatic rings. The second-order valence-corrected chi connectivity index (χ2v) is 21.9. The van der Waals surface area contributed by atoms with E-state index >= 15 is 0 Å². The van der Waals surface area contributed by atoms with Crippen molar-refractivity contribution in [3.8, 4) is 0 Å². The van der Waals surface area contributed by atoms with Crippen molar-refractivity contribution < 1.29 is 56.8 Å². The SMILES string of the molecule is CC(C)(c1ccc(COCC2CO2)cc1)c1ccc(COCC2CO2)cc1.CC(c1ccc(COCC2CO2)cc1)c1ccc(COCC2CO2)cc1.c1cc(Cc2ccc(COCC3CO3)cc2)ccc1COCC1CO1. The maximum atomic E-state index is 5.67. The average Bonchev–Trinajstić information content (AvgIpc) is 4.25. The van der Waals surface area contributed by atoms with Crippen LogP contribution in [0.25, 0.3) is 0 Å². The zero-order valence-electron chi connectivity index (χ0n) is 45.7. The first-order chi connectivity index (χ1) is 38.2. The minimum atomic E-state index is -0.0531. The Bertz CT molecular complexity index is 2490. The maximum absolute atomic E-state index is 5.67. The van der Waals surface area contributed by atoms with Gasteiger partial charge in [-0.2, -0.15) is 0 Å². The van der Waals surface area contributed by atoms with Gasteiger partial charge in [-0.15, -0.1) is 0 Å². The van der Waals surface area contributed by atoms with Crippen LogP contribution in [0.4, 0.5) is 0 Å². The Morgan fingerprint density at radius 3 is 0.731 bits per heavy atom. The molecule has 12 nitrogen and oxygen atoms in total. The molecule has 6 aromatic carbocycles. The van der Waals surface area contributed by atoms with Gasteiger partial charge in [-0.3, -0.25) is 0 Å². The molecule has 6 fully saturated rings. The van der Waals surface area contributed by atoms with E-state index in [2.05, 4.69) is 166 Å². The van der Waals surface area contributed by atoms with Crippen LogP contribution in [0.3, 0.4) is 0 Å². The average molecular weight is 1060 g/mol. The van der Waals surface area contributed by atoms with Crippen molar-refractivity contribution >= 4 is 0 Å². The van der Waals surface area contributed by atoms with Gasteiger partial charge in [0.2, 0.25) is 0 Å². The Labute approximate surface area is 461 Å². The summed E-state index contributed by atoms with van der Waals surface area (Å²) in [5.41, 5.74) is 15.0. The Morgan fingerprint density at radius 2 is 0.513 bits per heavy atom. The first-order valence-electron chi connectivity index (χ1n) is 27.9. The first-order valence-corrected chi connectivity index (χ1v) is 27.9. The molecule has 0 radical (unpaired) electrons. The Hall–Kier alpha value is -5.16. The summed E-state index contributed by atoms with van der Waals surface area (Å²) in [6, 6.07) is 52.2. The molecule has 6 heterocycles. The van der Waals surface area contributed by atoms with Crippen LogP contribution in [-0.4, -0.2) is 116 Å². The predicted molar refractivity (Wildman–Crippen MR) is 297 cm³/mol. The fourth-order valence-corrected chi connectivity index (χ4v) is 8.78. The highest BCUT2D eigenvalue weighted by atomic mass is 16.6. The second-order valence-electron chi connectivity index (χ2n) is 21.9. The summed E-state index contributed by atoms with van der Waals surface area (Å²) in [5.74, 6) is 0.361. The van der Waals surface area contributed by atoms with E-state index in [1.807, 2.05) is 0 Å². The molecule has 6 atom stereocenters. The summed E-state index contributed by atoms with van der Waals surface area (Å²) in [4.78, 5) is 0. The van der Waals surface area contributed by atoms with Gasteiger partial charge in [0.15, 0.2) is 0 Å². The van der Waals surface area contributed by atoms with Gasteiger partial charge >= 0.3 is 0 Å². The van der Waals surface area contributed by atoms with Gasteiger partial charge in [0, 0.05) is 11.3 Å². The van der Waals surface area contributed by atoms with E-state index in [4.69, 9.17) is 56.8 Å². The summed E-state index contributed by atoms with van der Waals surface area (Å²) in [5, 5.41) is 0. The van der Waals surface area contributed by atoms with Crippen LogP contribution >= 0.6 is 0 Å². The van der Waals surface area contributed by atoms with Crippen LogP contribution in [0.15, 0.2) is 146 Å². The molecule has 12 rings (SSSR count). The maximum Gasteiger partial charge on any atom is 0.104 e. The fraction of sp³-hybridized carbons (Fsp3) is 0.455. The molecule has 0 bridgehead atoms. The van der Waals surface area contributed by atoms with Crippen molar-refractivity contribution in [3.63, 3.8) is 0 Å². The summed E-state index contributed by atoms with van der Waals surface area (Å²) in [6.45, 7) is 19.9. The summed E-state index contributed by atoms with van der Waals surface area (Å²) in [6.07, 6.45) is 2.88. The normalized spacial score (nSPS) is 21.6. The minimum Gasteiger partial charge on any atom is -0.374 e. The lowest BCUT2D eigenvalue weighted by Gasteiger charge is -2.26. The van der Waals surface area contributed by atoms with E-state index in [-0.39, 0.29) is 5.41 Å². The smallest absolute Gasteiger partial charge is 0.104 e. The summed E-state index contributed by atoms with van der Waals surface area (Å²) < 4.78 is 64.8. The Morgan fingerprint density at radius 1 is 0.321 bits per heavy atom. The van der Waals surface area contributed by atoms with Gasteiger partial charge in [-0.05, 0) is 73.2 Å². The first kappa shape index (κ1) is 56.1. The molecule has 0 spiro atoms. The van der Waals surface area contributed by atoms with Crippen LogP contribution < -0.4 is 0 Å². The van der Waals surface area contributed by atoms with Gasteiger partial charge in [-0.25, -0.2) is 0 Å². The lowest BCUT2D eigenvalue weighted by Crippen LogP contribution is -2.19. The molecule has 6 aliphatic heterocycles. The molecular formula is C66H78O12. The topological polar surface area (TPSA) is 131 Å². The van der Waals surface area contributed by atoms with E-state index < -0.39 is 0 Å². The third-order valence-corrected chi connectivity index (χ3v) is 14.6. The molecule has 0 aliphatic carbocycles. The third kappa shape index (κ3) is 19.6. The molecule has 6 saturated heterocycles. The standard InChI is InChI=1S/C23H28O4.C22H26O4.C21H24O4/c1-23(2,19-7-3-17(4-8-19)11-24-13-21-15-26-21)20-9-5-18(6-10-20)12-25-14-22-16-27-22;1-16(19-6-2-17(3-7-19)10-23-12-21-14-25-21)20-8-4-18(5-9-20)11-24-13-22-15-26-22;1-5-18(10-22-12-20-14-24-20)6-2-16(1)9-17-3-7-19(8-4-17)11-23-13-21-15-25-21/h3-10,21-22H,11-16H2,1-2H3;2-9,16,21-22H,10-15H2,1H3;1-8,20-21H,9-15H2. The van der Waals surface area contributed by atoms with E-state index in [9.17, 15) is 0 Å². The monoisotopic (exact) mass is 1060 g/mol. The van der Waals surface area contributed by atoms with E-state index in [1.54, 1.807) is 0 Å². The molecule has 414 valence electrons. The zero-order valence-corrected chi connectivity index (χ0v) is 45.7. The molecule has 0 amide bonds. The van der Waals surface area contributed by atoms with Crippen molar-refractivity contribution in [2.45, 2.75) is 115 Å². The quantitative estimate of drug-likeness (QED) is 0.0398. The molecule has 0 N–H and O–H groups in total. The summed E-state index contributed by atoms with van der Waals surface area (Å²) >= 11 is 0. The fourth-order valence-electron chi connectivity index (χ4n) is 8.78. The van der Waals surface area contributed by atoms with Crippen LogP contribution in [0.1, 0.15) is 93.5 Å². The number of rotatable bonds is 30. The van der Waals surface area contributed by atoms with Crippen LogP contribution in [-0.2, 0) is 108 Å². The number of epoxide rings is 6.